The summed E-state index contributed by atoms with van der Waals surface area (Å²) in [4.78, 5) is 0. The van der Waals surface area contributed by atoms with Crippen molar-refractivity contribution >= 4 is 14.1 Å². The van der Waals surface area contributed by atoms with Crippen molar-refractivity contribution in [2.45, 2.75) is 57.4 Å². The van der Waals surface area contributed by atoms with Gasteiger partial charge in [0.1, 0.15) is 0 Å². The van der Waals surface area contributed by atoms with Gasteiger partial charge < -0.3 is 0 Å². The van der Waals surface area contributed by atoms with Crippen molar-refractivity contribution in [1.29, 1.82) is 0 Å². The average Bonchev–Trinajstić information content (AvgIpc) is 2.15. The Kier molecular flexibility index (Phi) is 8.72. The molecule has 0 unspecified atom stereocenters. The van der Waals surface area contributed by atoms with Gasteiger partial charge in [-0.1, -0.05) is 50.8 Å². The Hall–Kier alpha value is -0.248. The molecule has 0 radical (unpaired) electrons. The molecule has 0 aliphatic carbocycles. The Morgan fingerprint density at radius 1 is 0.625 bits per heavy atom. The molecule has 0 rings (SSSR count). The van der Waals surface area contributed by atoms with E-state index in [0.717, 1.165) is 0 Å². The highest BCUT2D eigenvalue weighted by Gasteiger charge is 2.12. The van der Waals surface area contributed by atoms with E-state index in [0.29, 0.717) is 0 Å². The molecular formula is C15H27Al. The van der Waals surface area contributed by atoms with Crippen LogP contribution >= 0.6 is 0 Å². The molecule has 0 saturated carbocycles. The maximum absolute atomic E-state index is 2.43. The maximum Gasteiger partial charge on any atom is 0.274 e. The van der Waals surface area contributed by atoms with Crippen LogP contribution in [0.4, 0.5) is 0 Å². The van der Waals surface area contributed by atoms with E-state index < -0.39 is 14.1 Å². The highest BCUT2D eigenvalue weighted by Crippen LogP contribution is 2.12. The minimum atomic E-state index is -0.631. The topological polar surface area (TPSA) is 0 Å². The minimum absolute atomic E-state index is 0.631. The molecule has 0 heterocycles. The van der Waals surface area contributed by atoms with Gasteiger partial charge in [0.05, 0.1) is 0 Å². The second kappa shape index (κ2) is 8.85. The first-order valence-electron chi connectivity index (χ1n) is 6.32. The summed E-state index contributed by atoms with van der Waals surface area (Å²) in [7, 11) is 0. The summed E-state index contributed by atoms with van der Waals surface area (Å²) in [6.45, 7) is 13.2. The van der Waals surface area contributed by atoms with Crippen molar-refractivity contribution < 1.29 is 0 Å². The van der Waals surface area contributed by atoms with Crippen molar-refractivity contribution in [3.05, 3.63) is 34.9 Å². The van der Waals surface area contributed by atoms with E-state index in [-0.39, 0.29) is 0 Å². The van der Waals surface area contributed by atoms with Crippen LogP contribution in [0.2, 0.25) is 15.8 Å². The molecule has 0 spiro atoms. The highest BCUT2D eigenvalue weighted by molar-refractivity contribution is 6.60. The fraction of sp³-hybridized carbons (Fsp3) is 0.600. The molecule has 0 N–H and O–H groups in total. The lowest BCUT2D eigenvalue weighted by atomic mass is 10.3. The zero-order valence-electron chi connectivity index (χ0n) is 11.9. The largest absolute Gasteiger partial charge is 0.274 e. The van der Waals surface area contributed by atoms with Crippen LogP contribution in [0, 0.1) is 0 Å². The Labute approximate surface area is 107 Å². The third-order valence-corrected chi connectivity index (χ3v) is 5.29. The lowest BCUT2D eigenvalue weighted by molar-refractivity contribution is 1.29. The van der Waals surface area contributed by atoms with Gasteiger partial charge in [0, 0.05) is 0 Å². The average molecular weight is 234 g/mol. The van der Waals surface area contributed by atoms with Gasteiger partial charge in [-0.25, -0.2) is 0 Å². The quantitative estimate of drug-likeness (QED) is 0.427. The van der Waals surface area contributed by atoms with Crippen LogP contribution in [-0.2, 0) is 0 Å². The van der Waals surface area contributed by atoms with Crippen LogP contribution < -0.4 is 0 Å². The number of allylic oxidation sites excluding steroid dienone is 6. The second-order valence-electron chi connectivity index (χ2n) is 5.42. The molecule has 0 bridgehead atoms. The molecule has 0 aromatic heterocycles. The van der Waals surface area contributed by atoms with Gasteiger partial charge in [0.2, 0.25) is 0 Å². The van der Waals surface area contributed by atoms with Crippen LogP contribution in [0.5, 0.6) is 0 Å². The molecule has 0 aliphatic rings. The van der Waals surface area contributed by atoms with E-state index in [4.69, 9.17) is 0 Å². The van der Waals surface area contributed by atoms with Gasteiger partial charge >= 0.3 is 0 Å². The summed E-state index contributed by atoms with van der Waals surface area (Å²) in [6.07, 6.45) is 7.28. The fourth-order valence-corrected chi connectivity index (χ4v) is 4.49. The lowest BCUT2D eigenvalue weighted by Gasteiger charge is -2.05. The van der Waals surface area contributed by atoms with E-state index in [1.807, 2.05) is 0 Å². The maximum atomic E-state index is 2.43. The van der Waals surface area contributed by atoms with Crippen molar-refractivity contribution in [1.82, 2.24) is 0 Å². The molecule has 16 heavy (non-hydrogen) atoms. The van der Waals surface area contributed by atoms with Crippen LogP contribution in [0.3, 0.4) is 0 Å². The van der Waals surface area contributed by atoms with Crippen molar-refractivity contribution in [2.24, 2.45) is 0 Å². The molecule has 0 amide bonds. The third-order valence-electron chi connectivity index (χ3n) is 2.58. The first kappa shape index (κ1) is 15.8. The lowest BCUT2D eigenvalue weighted by Crippen LogP contribution is -2.08. The van der Waals surface area contributed by atoms with Gasteiger partial charge in [0.15, 0.2) is 0 Å². The predicted octanol–water partition coefficient (Wildman–Crippen LogP) is 5.38. The van der Waals surface area contributed by atoms with Gasteiger partial charge in [-0.05, 0) is 41.5 Å². The van der Waals surface area contributed by atoms with Crippen LogP contribution in [-0.4, -0.2) is 14.1 Å². The smallest absolute Gasteiger partial charge is 0.0988 e. The molecular weight excluding hydrogens is 207 g/mol. The molecule has 0 aromatic rings. The molecule has 0 atom stereocenters. The molecule has 0 aliphatic heterocycles. The zero-order chi connectivity index (χ0) is 12.6. The standard InChI is InChI=1S/3C5H9.Al/c3*1-4-5(2)3;/h3*4H,1H2,2-3H3;. The Morgan fingerprint density at radius 2 is 0.875 bits per heavy atom. The summed E-state index contributed by atoms with van der Waals surface area (Å²) >= 11 is -0.631. The fourth-order valence-electron chi connectivity index (χ4n) is 1.50. The third kappa shape index (κ3) is 10.3. The van der Waals surface area contributed by atoms with E-state index in [2.05, 4.69) is 59.8 Å². The molecule has 0 saturated heterocycles. The summed E-state index contributed by atoms with van der Waals surface area (Å²) in [5.41, 5.74) is 4.39. The Balaban J connectivity index is 4.33. The number of hydrogen-bond donors (Lipinski definition) is 0. The second-order valence-corrected chi connectivity index (χ2v) is 8.56. The number of hydrogen-bond acceptors (Lipinski definition) is 0. The van der Waals surface area contributed by atoms with E-state index in [1.54, 1.807) is 0 Å². The van der Waals surface area contributed by atoms with Gasteiger partial charge in [-0.15, -0.1) is 0 Å². The Bertz CT molecular complexity index is 222. The molecule has 90 valence electrons. The summed E-state index contributed by atoms with van der Waals surface area (Å²) in [6, 6.07) is 0. The van der Waals surface area contributed by atoms with E-state index in [9.17, 15) is 0 Å². The molecule has 0 nitrogen and oxygen atoms in total. The van der Waals surface area contributed by atoms with Gasteiger partial charge in [-0.2, -0.15) is 0 Å². The highest BCUT2D eigenvalue weighted by atomic mass is 27.2. The van der Waals surface area contributed by atoms with Crippen molar-refractivity contribution in [2.75, 3.05) is 0 Å². The SMILES string of the molecule is CC(C)=C[CH2][Al]([CH2]C=C(C)C)[CH2]C=C(C)C. The predicted molar refractivity (Wildman–Crippen MR) is 78.5 cm³/mol. The van der Waals surface area contributed by atoms with Crippen molar-refractivity contribution in [3.63, 3.8) is 0 Å². The summed E-state index contributed by atoms with van der Waals surface area (Å²) < 4.78 is 0. The summed E-state index contributed by atoms with van der Waals surface area (Å²) in [5, 5.41) is 4.03. The first-order valence-corrected chi connectivity index (χ1v) is 8.77. The first-order chi connectivity index (χ1) is 7.41. The number of rotatable bonds is 6. The Morgan fingerprint density at radius 3 is 1.06 bits per heavy atom. The van der Waals surface area contributed by atoms with Crippen LogP contribution in [0.15, 0.2) is 34.9 Å². The monoisotopic (exact) mass is 234 g/mol. The van der Waals surface area contributed by atoms with E-state index in [1.165, 1.54) is 32.6 Å². The molecule has 1 heteroatoms. The van der Waals surface area contributed by atoms with E-state index >= 15 is 0 Å². The summed E-state index contributed by atoms with van der Waals surface area (Å²) in [5.74, 6) is 0. The molecule has 0 fully saturated rings. The van der Waals surface area contributed by atoms with Crippen molar-refractivity contribution in [3.8, 4) is 0 Å². The van der Waals surface area contributed by atoms with Crippen LogP contribution in [0.1, 0.15) is 41.5 Å². The van der Waals surface area contributed by atoms with Gasteiger partial charge in [0.25, 0.3) is 14.1 Å². The van der Waals surface area contributed by atoms with Crippen LogP contribution in [0.25, 0.3) is 0 Å². The minimum Gasteiger partial charge on any atom is -0.0988 e. The molecule has 0 aromatic carbocycles. The van der Waals surface area contributed by atoms with Gasteiger partial charge in [-0.3, -0.25) is 0 Å². The zero-order valence-corrected chi connectivity index (χ0v) is 13.1. The normalized spacial score (nSPS) is 9.38.